The maximum atomic E-state index is 12.6. The predicted molar refractivity (Wildman–Crippen MR) is 115 cm³/mol. The zero-order valence-electron chi connectivity index (χ0n) is 17.2. The van der Waals surface area contributed by atoms with Gasteiger partial charge in [0.05, 0.1) is 11.4 Å². The van der Waals surface area contributed by atoms with Crippen LogP contribution in [-0.4, -0.2) is 33.0 Å². The lowest BCUT2D eigenvalue weighted by atomic mass is 10.1. The summed E-state index contributed by atoms with van der Waals surface area (Å²) in [7, 11) is 0. The lowest BCUT2D eigenvalue weighted by molar-refractivity contribution is 0.123. The van der Waals surface area contributed by atoms with E-state index >= 15 is 0 Å². The molecule has 6 heteroatoms. The number of nitrogens with two attached hydrogens (primary N) is 1. The molecule has 0 aliphatic heterocycles. The Morgan fingerprint density at radius 2 is 1.45 bits per heavy atom. The molecule has 1 aromatic heterocycles. The van der Waals surface area contributed by atoms with Gasteiger partial charge >= 0.3 is 6.09 Å². The number of anilines is 1. The largest absolute Gasteiger partial charge is 0.415 e. The van der Waals surface area contributed by atoms with Gasteiger partial charge in [-0.2, -0.15) is 0 Å². The smallest absolute Gasteiger partial charge is 0.410 e. The van der Waals surface area contributed by atoms with Crippen LogP contribution in [0.1, 0.15) is 27.7 Å². The Kier molecular flexibility index (Phi) is 6.12. The van der Waals surface area contributed by atoms with Gasteiger partial charge in [-0.25, -0.2) is 14.8 Å². The van der Waals surface area contributed by atoms with Crippen LogP contribution < -0.4 is 10.5 Å². The maximum absolute atomic E-state index is 12.6. The van der Waals surface area contributed by atoms with Gasteiger partial charge in [0.1, 0.15) is 5.75 Å². The molecule has 0 fully saturated rings. The number of amides is 1. The summed E-state index contributed by atoms with van der Waals surface area (Å²) >= 11 is 0. The number of benzene rings is 2. The van der Waals surface area contributed by atoms with Crippen LogP contribution in [0.3, 0.4) is 0 Å². The SMILES string of the molecule is CC(C)N(C(=O)Oc1cccc(-c2cc(-c3ccccc3)nc(N)n2)c1)C(C)C. The number of rotatable bonds is 5. The van der Waals surface area contributed by atoms with E-state index in [0.717, 1.165) is 16.8 Å². The third-order valence-corrected chi connectivity index (χ3v) is 4.47. The van der Waals surface area contributed by atoms with Crippen LogP contribution in [0.15, 0.2) is 60.7 Å². The minimum Gasteiger partial charge on any atom is -0.410 e. The Labute approximate surface area is 171 Å². The summed E-state index contributed by atoms with van der Waals surface area (Å²) in [5.41, 5.74) is 9.10. The van der Waals surface area contributed by atoms with Crippen LogP contribution in [0, 0.1) is 0 Å². The second-order valence-corrected chi connectivity index (χ2v) is 7.35. The Balaban J connectivity index is 1.90. The lowest BCUT2D eigenvalue weighted by Gasteiger charge is -2.29. The third kappa shape index (κ3) is 4.90. The van der Waals surface area contributed by atoms with E-state index in [1.54, 1.807) is 17.0 Å². The first-order valence-corrected chi connectivity index (χ1v) is 9.65. The van der Waals surface area contributed by atoms with Crippen molar-refractivity contribution >= 4 is 12.0 Å². The number of hydrogen-bond acceptors (Lipinski definition) is 5. The molecule has 0 unspecified atom stereocenters. The highest BCUT2D eigenvalue weighted by atomic mass is 16.6. The summed E-state index contributed by atoms with van der Waals surface area (Å²) < 4.78 is 5.62. The molecule has 0 aliphatic carbocycles. The van der Waals surface area contributed by atoms with E-state index in [0.29, 0.717) is 11.4 Å². The first-order chi connectivity index (χ1) is 13.8. The Hall–Kier alpha value is -3.41. The fourth-order valence-corrected chi connectivity index (χ4v) is 3.26. The molecule has 0 radical (unpaired) electrons. The minimum absolute atomic E-state index is 0.0424. The standard InChI is InChI=1S/C23H26N4O2/c1-15(2)27(16(3)4)23(28)29-19-12-8-11-18(13-19)21-14-20(25-22(24)26-21)17-9-6-5-7-10-17/h5-16H,1-4H3,(H2,24,25,26). The van der Waals surface area contributed by atoms with E-state index in [1.807, 2.05) is 76.2 Å². The number of nitrogens with zero attached hydrogens (tertiary/aromatic N) is 3. The van der Waals surface area contributed by atoms with Crippen molar-refractivity contribution in [1.82, 2.24) is 14.9 Å². The van der Waals surface area contributed by atoms with Gasteiger partial charge in [0.25, 0.3) is 0 Å². The summed E-state index contributed by atoms with van der Waals surface area (Å²) in [6, 6.07) is 19.0. The highest BCUT2D eigenvalue weighted by Crippen LogP contribution is 2.27. The van der Waals surface area contributed by atoms with Crippen molar-refractivity contribution in [2.45, 2.75) is 39.8 Å². The number of carbonyl (C=O) groups excluding carboxylic acids is 1. The summed E-state index contributed by atoms with van der Waals surface area (Å²) in [5.74, 6) is 0.645. The molecule has 3 aromatic rings. The molecular formula is C23H26N4O2. The molecule has 0 aliphatic rings. The van der Waals surface area contributed by atoms with Gasteiger partial charge < -0.3 is 15.4 Å². The molecule has 2 N–H and O–H groups in total. The average molecular weight is 390 g/mol. The van der Waals surface area contributed by atoms with E-state index in [4.69, 9.17) is 10.5 Å². The van der Waals surface area contributed by atoms with Crippen molar-refractivity contribution in [3.8, 4) is 28.3 Å². The second kappa shape index (κ2) is 8.73. The molecule has 29 heavy (non-hydrogen) atoms. The molecule has 0 saturated heterocycles. The Morgan fingerprint density at radius 1 is 0.862 bits per heavy atom. The van der Waals surface area contributed by atoms with Crippen LogP contribution in [0.2, 0.25) is 0 Å². The summed E-state index contributed by atoms with van der Waals surface area (Å²) in [6.45, 7) is 7.86. The van der Waals surface area contributed by atoms with Gasteiger partial charge in [0.2, 0.25) is 5.95 Å². The van der Waals surface area contributed by atoms with Crippen molar-refractivity contribution < 1.29 is 9.53 Å². The van der Waals surface area contributed by atoms with Gasteiger partial charge in [0, 0.05) is 23.2 Å². The van der Waals surface area contributed by atoms with E-state index in [9.17, 15) is 4.79 Å². The van der Waals surface area contributed by atoms with E-state index < -0.39 is 0 Å². The molecule has 0 bridgehead atoms. The quantitative estimate of drug-likeness (QED) is 0.662. The number of carbonyl (C=O) groups is 1. The zero-order valence-corrected chi connectivity index (χ0v) is 17.2. The molecule has 1 amide bonds. The van der Waals surface area contributed by atoms with Crippen molar-refractivity contribution in [1.29, 1.82) is 0 Å². The van der Waals surface area contributed by atoms with Crippen LogP contribution >= 0.6 is 0 Å². The van der Waals surface area contributed by atoms with Crippen LogP contribution in [0.25, 0.3) is 22.5 Å². The van der Waals surface area contributed by atoms with Gasteiger partial charge in [0.15, 0.2) is 0 Å². The third-order valence-electron chi connectivity index (χ3n) is 4.47. The first-order valence-electron chi connectivity index (χ1n) is 9.65. The molecule has 0 saturated carbocycles. The highest BCUT2D eigenvalue weighted by molar-refractivity contribution is 5.73. The number of nitrogen functional groups attached to an aromatic ring is 1. The number of hydrogen-bond donors (Lipinski definition) is 1. The lowest BCUT2D eigenvalue weighted by Crippen LogP contribution is -2.43. The van der Waals surface area contributed by atoms with Crippen LogP contribution in [-0.2, 0) is 0 Å². The molecular weight excluding hydrogens is 364 g/mol. The molecule has 150 valence electrons. The highest BCUT2D eigenvalue weighted by Gasteiger charge is 2.22. The summed E-state index contributed by atoms with van der Waals surface area (Å²) in [5, 5.41) is 0. The normalized spacial score (nSPS) is 11.0. The van der Waals surface area contributed by atoms with Crippen molar-refractivity contribution in [2.75, 3.05) is 5.73 Å². The molecule has 0 spiro atoms. The average Bonchev–Trinajstić information content (AvgIpc) is 2.68. The summed E-state index contributed by atoms with van der Waals surface area (Å²) in [4.78, 5) is 23.0. The monoisotopic (exact) mass is 390 g/mol. The molecule has 6 nitrogen and oxygen atoms in total. The molecule has 1 heterocycles. The van der Waals surface area contributed by atoms with Gasteiger partial charge in [-0.3, -0.25) is 0 Å². The van der Waals surface area contributed by atoms with Gasteiger partial charge in [-0.05, 0) is 45.9 Å². The topological polar surface area (TPSA) is 81.3 Å². The van der Waals surface area contributed by atoms with Crippen molar-refractivity contribution in [3.63, 3.8) is 0 Å². The fraction of sp³-hybridized carbons (Fsp3) is 0.261. The minimum atomic E-state index is -0.376. The van der Waals surface area contributed by atoms with Crippen LogP contribution in [0.5, 0.6) is 5.75 Å². The number of aromatic nitrogens is 2. The predicted octanol–water partition coefficient (Wildman–Crippen LogP) is 5.01. The maximum Gasteiger partial charge on any atom is 0.415 e. The van der Waals surface area contributed by atoms with Gasteiger partial charge in [-0.15, -0.1) is 0 Å². The molecule has 0 atom stereocenters. The molecule has 3 rings (SSSR count). The Bertz CT molecular complexity index is 979. The van der Waals surface area contributed by atoms with Crippen molar-refractivity contribution in [2.24, 2.45) is 0 Å². The fourth-order valence-electron chi connectivity index (χ4n) is 3.26. The second-order valence-electron chi connectivity index (χ2n) is 7.35. The molecule has 2 aromatic carbocycles. The van der Waals surface area contributed by atoms with E-state index in [1.165, 1.54) is 0 Å². The van der Waals surface area contributed by atoms with Crippen LogP contribution in [0.4, 0.5) is 10.7 Å². The van der Waals surface area contributed by atoms with Gasteiger partial charge in [-0.1, -0.05) is 42.5 Å². The summed E-state index contributed by atoms with van der Waals surface area (Å²) in [6.07, 6.45) is -0.376. The zero-order chi connectivity index (χ0) is 21.0. The van der Waals surface area contributed by atoms with Crippen molar-refractivity contribution in [3.05, 3.63) is 60.7 Å². The van der Waals surface area contributed by atoms with E-state index in [-0.39, 0.29) is 24.1 Å². The first kappa shape index (κ1) is 20.3. The van der Waals surface area contributed by atoms with E-state index in [2.05, 4.69) is 9.97 Å². The number of ether oxygens (including phenoxy) is 1. The Morgan fingerprint density at radius 3 is 2.07 bits per heavy atom.